The minimum Gasteiger partial charge on any atom is -0.333 e. The van der Waals surface area contributed by atoms with Crippen molar-refractivity contribution in [1.29, 1.82) is 0 Å². The molecular weight excluding hydrogens is 288 g/mol. The highest BCUT2D eigenvalue weighted by Gasteiger charge is 2.21. The molecule has 1 heterocycles. The van der Waals surface area contributed by atoms with Gasteiger partial charge in [0.1, 0.15) is 11.9 Å². The number of benzene rings is 1. The number of hydrogen-bond donors (Lipinski definition) is 2. The highest BCUT2D eigenvalue weighted by Crippen LogP contribution is 2.31. The second kappa shape index (κ2) is 7.42. The summed E-state index contributed by atoms with van der Waals surface area (Å²) in [5, 5.41) is 9.45. The lowest BCUT2D eigenvalue weighted by Gasteiger charge is -2.15. The quantitative estimate of drug-likeness (QED) is 0.859. The Labute approximate surface area is 137 Å². The maximum atomic E-state index is 12.2. The Kier molecular flexibility index (Phi) is 5.08. The molecule has 0 bridgehead atoms. The Balaban J connectivity index is 1.53. The van der Waals surface area contributed by atoms with E-state index in [-0.39, 0.29) is 11.9 Å². The Hall–Kier alpha value is -2.14. The number of rotatable bonds is 6. The summed E-state index contributed by atoms with van der Waals surface area (Å²) in [6, 6.07) is 12.8. The van der Waals surface area contributed by atoms with E-state index in [2.05, 4.69) is 34.8 Å². The molecule has 1 fully saturated rings. The molecular formula is C18H25N4O+. The molecule has 0 aliphatic heterocycles. The maximum absolute atomic E-state index is 12.2. The molecule has 5 nitrogen and oxygen atoms in total. The van der Waals surface area contributed by atoms with E-state index in [1.807, 2.05) is 28.9 Å². The third-order valence-corrected chi connectivity index (χ3v) is 4.59. The standard InChI is InChI=1S/C18H24N4O/c1-14(15-7-3-2-4-8-15)19-13-18(23)21-17-11-12-20-22(17)16-9-5-6-10-16/h2-4,7-8,11-12,14,16,19H,5-6,9-10,13H2,1H3,(H,21,23)/p+1/t14-/m1/s1. The van der Waals surface area contributed by atoms with Crippen molar-refractivity contribution in [3.8, 4) is 0 Å². The largest absolute Gasteiger partial charge is 0.333 e. The fourth-order valence-electron chi connectivity index (χ4n) is 3.22. The van der Waals surface area contributed by atoms with Gasteiger partial charge in [-0.15, -0.1) is 0 Å². The summed E-state index contributed by atoms with van der Waals surface area (Å²) in [7, 11) is 0. The van der Waals surface area contributed by atoms with Crippen molar-refractivity contribution in [1.82, 2.24) is 9.78 Å². The van der Waals surface area contributed by atoms with Crippen LogP contribution in [0.5, 0.6) is 0 Å². The Morgan fingerprint density at radius 1 is 1.30 bits per heavy atom. The first-order valence-electron chi connectivity index (χ1n) is 8.45. The van der Waals surface area contributed by atoms with Gasteiger partial charge in [0.2, 0.25) is 0 Å². The number of amides is 1. The van der Waals surface area contributed by atoms with Crippen LogP contribution < -0.4 is 10.6 Å². The molecule has 1 saturated carbocycles. The molecule has 1 atom stereocenters. The van der Waals surface area contributed by atoms with Gasteiger partial charge < -0.3 is 10.6 Å². The van der Waals surface area contributed by atoms with E-state index in [0.717, 1.165) is 18.7 Å². The van der Waals surface area contributed by atoms with Crippen LogP contribution in [0.15, 0.2) is 42.6 Å². The van der Waals surface area contributed by atoms with Gasteiger partial charge in [0.25, 0.3) is 5.91 Å². The number of aromatic nitrogens is 2. The van der Waals surface area contributed by atoms with Gasteiger partial charge in [0.05, 0.1) is 12.2 Å². The van der Waals surface area contributed by atoms with E-state index < -0.39 is 0 Å². The van der Waals surface area contributed by atoms with Crippen molar-refractivity contribution < 1.29 is 10.1 Å². The third-order valence-electron chi connectivity index (χ3n) is 4.59. The highest BCUT2D eigenvalue weighted by atomic mass is 16.2. The minimum atomic E-state index is 0.0209. The first-order valence-corrected chi connectivity index (χ1v) is 8.45. The van der Waals surface area contributed by atoms with Crippen molar-refractivity contribution in [3.05, 3.63) is 48.2 Å². The molecule has 23 heavy (non-hydrogen) atoms. The predicted octanol–water partition coefficient (Wildman–Crippen LogP) is 2.26. The molecule has 0 unspecified atom stereocenters. The van der Waals surface area contributed by atoms with E-state index in [4.69, 9.17) is 0 Å². The first-order chi connectivity index (χ1) is 11.2. The summed E-state index contributed by atoms with van der Waals surface area (Å²) in [5.74, 6) is 0.843. The second-order valence-corrected chi connectivity index (χ2v) is 6.29. The molecule has 3 rings (SSSR count). The van der Waals surface area contributed by atoms with Crippen molar-refractivity contribution in [2.24, 2.45) is 0 Å². The normalized spacial score (nSPS) is 16.4. The molecule has 1 aliphatic rings. The molecule has 1 amide bonds. The number of anilines is 1. The Morgan fingerprint density at radius 2 is 2.04 bits per heavy atom. The highest BCUT2D eigenvalue weighted by molar-refractivity contribution is 5.90. The molecule has 2 aromatic rings. The summed E-state index contributed by atoms with van der Waals surface area (Å²) in [5.41, 5.74) is 1.23. The summed E-state index contributed by atoms with van der Waals surface area (Å²) >= 11 is 0. The summed E-state index contributed by atoms with van der Waals surface area (Å²) < 4.78 is 1.98. The number of nitrogens with one attached hydrogen (secondary N) is 1. The third kappa shape index (κ3) is 3.99. The Bertz CT molecular complexity index is 631. The molecule has 1 aromatic carbocycles. The van der Waals surface area contributed by atoms with Crippen LogP contribution in [0, 0.1) is 0 Å². The zero-order chi connectivity index (χ0) is 16.1. The molecule has 0 saturated heterocycles. The summed E-state index contributed by atoms with van der Waals surface area (Å²) in [6.45, 7) is 2.53. The van der Waals surface area contributed by atoms with Crippen LogP contribution in [0.25, 0.3) is 0 Å². The topological polar surface area (TPSA) is 63.5 Å². The van der Waals surface area contributed by atoms with E-state index >= 15 is 0 Å². The molecule has 122 valence electrons. The van der Waals surface area contributed by atoms with E-state index in [1.165, 1.54) is 18.4 Å². The molecule has 0 spiro atoms. The van der Waals surface area contributed by atoms with Gasteiger partial charge in [0.15, 0.2) is 6.54 Å². The van der Waals surface area contributed by atoms with Crippen LogP contribution in [-0.2, 0) is 4.79 Å². The number of quaternary nitrogens is 1. The number of nitrogens with zero attached hydrogens (tertiary/aromatic N) is 2. The lowest BCUT2D eigenvalue weighted by molar-refractivity contribution is -0.682. The molecule has 1 aliphatic carbocycles. The van der Waals surface area contributed by atoms with Gasteiger partial charge in [-0.25, -0.2) is 4.68 Å². The molecule has 3 N–H and O–H groups in total. The maximum Gasteiger partial charge on any atom is 0.280 e. The smallest absolute Gasteiger partial charge is 0.280 e. The van der Waals surface area contributed by atoms with Crippen molar-refractivity contribution in [2.45, 2.75) is 44.7 Å². The van der Waals surface area contributed by atoms with Crippen molar-refractivity contribution in [3.63, 3.8) is 0 Å². The van der Waals surface area contributed by atoms with Gasteiger partial charge >= 0.3 is 0 Å². The van der Waals surface area contributed by atoms with Crippen LogP contribution in [0.2, 0.25) is 0 Å². The van der Waals surface area contributed by atoms with Gasteiger partial charge in [-0.1, -0.05) is 43.2 Å². The van der Waals surface area contributed by atoms with Gasteiger partial charge in [0, 0.05) is 11.6 Å². The number of nitrogens with two attached hydrogens (primary N) is 1. The van der Waals surface area contributed by atoms with E-state index in [1.54, 1.807) is 6.20 Å². The fraction of sp³-hybridized carbons (Fsp3) is 0.444. The fourth-order valence-corrected chi connectivity index (χ4v) is 3.22. The van der Waals surface area contributed by atoms with Crippen LogP contribution >= 0.6 is 0 Å². The van der Waals surface area contributed by atoms with E-state index in [9.17, 15) is 4.79 Å². The van der Waals surface area contributed by atoms with Crippen LogP contribution in [0.4, 0.5) is 5.82 Å². The second-order valence-electron chi connectivity index (χ2n) is 6.29. The lowest BCUT2D eigenvalue weighted by atomic mass is 10.1. The average molecular weight is 313 g/mol. The molecule has 0 radical (unpaired) electrons. The van der Waals surface area contributed by atoms with Crippen LogP contribution in [0.3, 0.4) is 0 Å². The predicted molar refractivity (Wildman–Crippen MR) is 90.0 cm³/mol. The molecule has 5 heteroatoms. The number of carbonyl (C=O) groups excluding carboxylic acids is 1. The molecule has 1 aromatic heterocycles. The average Bonchev–Trinajstić information content (AvgIpc) is 3.24. The Morgan fingerprint density at radius 3 is 2.78 bits per heavy atom. The zero-order valence-electron chi connectivity index (χ0n) is 13.6. The van der Waals surface area contributed by atoms with E-state index in [0.29, 0.717) is 12.6 Å². The van der Waals surface area contributed by atoms with Gasteiger partial charge in [-0.2, -0.15) is 5.10 Å². The SMILES string of the molecule is C[C@@H]([NH2+]CC(=O)Nc1ccnn1C1CCCC1)c1ccccc1. The summed E-state index contributed by atoms with van der Waals surface area (Å²) in [6.07, 6.45) is 6.58. The first kappa shape index (κ1) is 15.7. The monoisotopic (exact) mass is 313 g/mol. The van der Waals surface area contributed by atoms with Crippen molar-refractivity contribution >= 4 is 11.7 Å². The number of carbonyl (C=O) groups is 1. The van der Waals surface area contributed by atoms with Gasteiger partial charge in [-0.05, 0) is 19.8 Å². The minimum absolute atomic E-state index is 0.0209. The van der Waals surface area contributed by atoms with Gasteiger partial charge in [-0.3, -0.25) is 4.79 Å². The van der Waals surface area contributed by atoms with Crippen molar-refractivity contribution in [2.75, 3.05) is 11.9 Å². The number of hydrogen-bond acceptors (Lipinski definition) is 2. The van der Waals surface area contributed by atoms with Crippen LogP contribution in [-0.4, -0.2) is 22.2 Å². The summed E-state index contributed by atoms with van der Waals surface area (Å²) in [4.78, 5) is 12.2. The lowest BCUT2D eigenvalue weighted by Crippen LogP contribution is -2.86. The zero-order valence-corrected chi connectivity index (χ0v) is 13.6. The van der Waals surface area contributed by atoms with Crippen LogP contribution in [0.1, 0.15) is 50.3 Å².